The number of carbonyl (C=O) groups excluding carboxylic acids is 1. The largest absolute Gasteiger partial charge is 0.465 e. The first kappa shape index (κ1) is 15.4. The third kappa shape index (κ3) is 5.33. The fourth-order valence-electron chi connectivity index (χ4n) is 2.02. The van der Waals surface area contributed by atoms with Crippen LogP contribution in [-0.4, -0.2) is 62.9 Å². The Morgan fingerprint density at radius 3 is 2.67 bits per heavy atom. The SMILES string of the molecule is CCNC(CN(CCOC)C1CC1)C(=O)OCC. The fraction of sp³-hybridized carbons (Fsp3) is 0.923. The first-order valence-electron chi connectivity index (χ1n) is 6.85. The average molecular weight is 258 g/mol. The van der Waals surface area contributed by atoms with Gasteiger partial charge in [0.15, 0.2) is 0 Å². The molecule has 0 amide bonds. The summed E-state index contributed by atoms with van der Waals surface area (Å²) in [6, 6.07) is 0.392. The van der Waals surface area contributed by atoms with Crippen LogP contribution in [0.25, 0.3) is 0 Å². The Hall–Kier alpha value is -0.650. The Morgan fingerprint density at radius 2 is 2.17 bits per heavy atom. The molecule has 0 heterocycles. The fourth-order valence-corrected chi connectivity index (χ4v) is 2.02. The van der Waals surface area contributed by atoms with Gasteiger partial charge in [0.25, 0.3) is 0 Å². The lowest BCUT2D eigenvalue weighted by Crippen LogP contribution is -2.48. The molecule has 0 spiro atoms. The van der Waals surface area contributed by atoms with E-state index in [0.29, 0.717) is 25.8 Å². The van der Waals surface area contributed by atoms with Crippen LogP contribution in [-0.2, 0) is 14.3 Å². The maximum Gasteiger partial charge on any atom is 0.324 e. The topological polar surface area (TPSA) is 50.8 Å². The minimum absolute atomic E-state index is 0.151. The number of rotatable bonds is 10. The second-order valence-electron chi connectivity index (χ2n) is 4.58. The van der Waals surface area contributed by atoms with E-state index in [1.807, 2.05) is 13.8 Å². The summed E-state index contributed by atoms with van der Waals surface area (Å²) in [5, 5.41) is 3.20. The van der Waals surface area contributed by atoms with Gasteiger partial charge in [-0.2, -0.15) is 0 Å². The maximum absolute atomic E-state index is 11.8. The van der Waals surface area contributed by atoms with Gasteiger partial charge in [-0.05, 0) is 26.3 Å². The summed E-state index contributed by atoms with van der Waals surface area (Å²) in [6.45, 7) is 7.34. The molecule has 106 valence electrons. The summed E-state index contributed by atoms with van der Waals surface area (Å²) in [5.74, 6) is -0.151. The van der Waals surface area contributed by atoms with Gasteiger partial charge in [0.05, 0.1) is 13.2 Å². The first-order chi connectivity index (χ1) is 8.72. The van der Waals surface area contributed by atoms with Crippen molar-refractivity contribution in [3.63, 3.8) is 0 Å². The lowest BCUT2D eigenvalue weighted by Gasteiger charge is -2.26. The van der Waals surface area contributed by atoms with Gasteiger partial charge in [-0.15, -0.1) is 0 Å². The molecule has 1 N–H and O–H groups in total. The van der Waals surface area contributed by atoms with Crippen molar-refractivity contribution < 1.29 is 14.3 Å². The van der Waals surface area contributed by atoms with Gasteiger partial charge in [-0.1, -0.05) is 6.92 Å². The smallest absolute Gasteiger partial charge is 0.324 e. The molecule has 0 aromatic heterocycles. The molecule has 0 aliphatic heterocycles. The molecule has 1 atom stereocenters. The lowest BCUT2D eigenvalue weighted by atomic mass is 10.2. The maximum atomic E-state index is 11.8. The summed E-state index contributed by atoms with van der Waals surface area (Å²) in [6.07, 6.45) is 2.46. The Morgan fingerprint density at radius 1 is 1.44 bits per heavy atom. The molecular weight excluding hydrogens is 232 g/mol. The van der Waals surface area contributed by atoms with Gasteiger partial charge in [-0.25, -0.2) is 0 Å². The molecule has 1 fully saturated rings. The number of likely N-dealkylation sites (N-methyl/N-ethyl adjacent to an activating group) is 1. The van der Waals surface area contributed by atoms with E-state index in [-0.39, 0.29) is 12.0 Å². The minimum Gasteiger partial charge on any atom is -0.465 e. The van der Waals surface area contributed by atoms with Crippen LogP contribution in [0.3, 0.4) is 0 Å². The van der Waals surface area contributed by atoms with Crippen LogP contribution < -0.4 is 5.32 Å². The molecular formula is C13H26N2O3. The molecule has 0 radical (unpaired) electrons. The Bertz CT molecular complexity index is 244. The van der Waals surface area contributed by atoms with E-state index in [9.17, 15) is 4.79 Å². The highest BCUT2D eigenvalue weighted by Crippen LogP contribution is 2.26. The molecule has 18 heavy (non-hydrogen) atoms. The molecule has 1 saturated carbocycles. The zero-order valence-electron chi connectivity index (χ0n) is 11.8. The van der Waals surface area contributed by atoms with Crippen LogP contribution in [0.15, 0.2) is 0 Å². The molecule has 0 aromatic rings. The minimum atomic E-state index is -0.229. The second-order valence-corrected chi connectivity index (χ2v) is 4.58. The predicted molar refractivity (Wildman–Crippen MR) is 70.6 cm³/mol. The van der Waals surface area contributed by atoms with Crippen molar-refractivity contribution in [1.82, 2.24) is 10.2 Å². The van der Waals surface area contributed by atoms with Crippen LogP contribution in [0, 0.1) is 0 Å². The third-order valence-corrected chi connectivity index (χ3v) is 3.08. The summed E-state index contributed by atoms with van der Waals surface area (Å²) in [4.78, 5) is 14.2. The van der Waals surface area contributed by atoms with Gasteiger partial charge in [0, 0.05) is 26.2 Å². The monoisotopic (exact) mass is 258 g/mol. The molecule has 1 aliphatic rings. The molecule has 1 aliphatic carbocycles. The average Bonchev–Trinajstić information content (AvgIpc) is 3.17. The van der Waals surface area contributed by atoms with Crippen molar-refractivity contribution in [3.8, 4) is 0 Å². The zero-order valence-corrected chi connectivity index (χ0v) is 11.8. The van der Waals surface area contributed by atoms with Crippen molar-refractivity contribution >= 4 is 5.97 Å². The highest BCUT2D eigenvalue weighted by Gasteiger charge is 2.32. The summed E-state index contributed by atoms with van der Waals surface area (Å²) < 4.78 is 10.2. The van der Waals surface area contributed by atoms with Gasteiger partial charge >= 0.3 is 5.97 Å². The lowest BCUT2D eigenvalue weighted by molar-refractivity contribution is -0.146. The quantitative estimate of drug-likeness (QED) is 0.583. The van der Waals surface area contributed by atoms with Crippen molar-refractivity contribution in [1.29, 1.82) is 0 Å². The van der Waals surface area contributed by atoms with Crippen molar-refractivity contribution in [2.45, 2.75) is 38.8 Å². The first-order valence-corrected chi connectivity index (χ1v) is 6.85. The number of methoxy groups -OCH3 is 1. The molecule has 1 rings (SSSR count). The van der Waals surface area contributed by atoms with Gasteiger partial charge in [0.1, 0.15) is 6.04 Å². The Balaban J connectivity index is 2.47. The van der Waals surface area contributed by atoms with Crippen molar-refractivity contribution in [3.05, 3.63) is 0 Å². The second kappa shape index (κ2) is 8.45. The van der Waals surface area contributed by atoms with E-state index in [1.54, 1.807) is 7.11 Å². The summed E-state index contributed by atoms with van der Waals surface area (Å²) in [7, 11) is 1.71. The van der Waals surface area contributed by atoms with Gasteiger partial charge in [0.2, 0.25) is 0 Å². The summed E-state index contributed by atoms with van der Waals surface area (Å²) in [5.41, 5.74) is 0. The molecule has 0 aromatic carbocycles. The highest BCUT2D eigenvalue weighted by molar-refractivity contribution is 5.76. The number of nitrogens with one attached hydrogen (secondary N) is 1. The van der Waals surface area contributed by atoms with E-state index in [2.05, 4.69) is 10.2 Å². The number of esters is 1. The van der Waals surface area contributed by atoms with Crippen molar-refractivity contribution in [2.75, 3.05) is 40.0 Å². The van der Waals surface area contributed by atoms with Crippen LogP contribution in [0.1, 0.15) is 26.7 Å². The Labute approximate surface area is 110 Å². The van der Waals surface area contributed by atoms with E-state index in [1.165, 1.54) is 12.8 Å². The zero-order chi connectivity index (χ0) is 13.4. The Kier molecular flexibility index (Phi) is 7.23. The molecule has 5 heteroatoms. The summed E-state index contributed by atoms with van der Waals surface area (Å²) >= 11 is 0. The molecule has 5 nitrogen and oxygen atoms in total. The van der Waals surface area contributed by atoms with Crippen LogP contribution in [0.5, 0.6) is 0 Å². The van der Waals surface area contributed by atoms with Crippen LogP contribution >= 0.6 is 0 Å². The van der Waals surface area contributed by atoms with Gasteiger partial charge < -0.3 is 14.8 Å². The number of hydrogen-bond acceptors (Lipinski definition) is 5. The number of ether oxygens (including phenoxy) is 2. The number of carbonyl (C=O) groups is 1. The standard InChI is InChI=1S/C13H26N2O3/c1-4-14-12(13(16)18-5-2)10-15(8-9-17-3)11-6-7-11/h11-12,14H,4-10H2,1-3H3. The van der Waals surface area contributed by atoms with E-state index >= 15 is 0 Å². The van der Waals surface area contributed by atoms with E-state index in [0.717, 1.165) is 13.1 Å². The molecule has 0 saturated heterocycles. The predicted octanol–water partition coefficient (Wildman–Crippen LogP) is 0.638. The highest BCUT2D eigenvalue weighted by atomic mass is 16.5. The van der Waals surface area contributed by atoms with E-state index < -0.39 is 0 Å². The van der Waals surface area contributed by atoms with Gasteiger partial charge in [-0.3, -0.25) is 9.69 Å². The molecule has 0 bridgehead atoms. The van der Waals surface area contributed by atoms with E-state index in [4.69, 9.17) is 9.47 Å². The molecule has 1 unspecified atom stereocenters. The van der Waals surface area contributed by atoms with Crippen molar-refractivity contribution in [2.24, 2.45) is 0 Å². The third-order valence-electron chi connectivity index (χ3n) is 3.08. The number of nitrogens with zero attached hydrogens (tertiary/aromatic N) is 1. The van der Waals surface area contributed by atoms with Crippen LogP contribution in [0.2, 0.25) is 0 Å². The normalized spacial score (nSPS) is 16.9. The van der Waals surface area contributed by atoms with Crippen LogP contribution in [0.4, 0.5) is 0 Å². The number of hydrogen-bond donors (Lipinski definition) is 1.